The molecule has 21 heavy (non-hydrogen) atoms. The molecule has 0 atom stereocenters. The van der Waals surface area contributed by atoms with Crippen molar-refractivity contribution in [2.24, 2.45) is 0 Å². The summed E-state index contributed by atoms with van der Waals surface area (Å²) in [7, 11) is 0. The second kappa shape index (κ2) is 7.26. The van der Waals surface area contributed by atoms with Crippen LogP contribution < -0.4 is 5.32 Å². The van der Waals surface area contributed by atoms with E-state index in [1.54, 1.807) is 23.6 Å². The van der Waals surface area contributed by atoms with Crippen LogP contribution in [0.4, 0.5) is 5.00 Å². The number of aryl methyl sites for hydroxylation is 1. The standard InChI is InChI=1S/C14H12N2O4S/c15-8-10-5-7-21-14(10)16-12(17)9-20-13(18)4-3-11-2-1-6-19-11/h1-2,5-7H,3-4,9H2,(H,16,17). The summed E-state index contributed by atoms with van der Waals surface area (Å²) in [6.45, 7) is -0.375. The average molecular weight is 304 g/mol. The number of nitrogens with zero attached hydrogens (tertiary/aromatic N) is 1. The number of anilines is 1. The molecule has 0 aliphatic heterocycles. The SMILES string of the molecule is N#Cc1ccsc1NC(=O)COC(=O)CCc1ccco1. The van der Waals surface area contributed by atoms with E-state index in [0.29, 0.717) is 22.7 Å². The summed E-state index contributed by atoms with van der Waals surface area (Å²) in [5.41, 5.74) is 0.387. The Balaban J connectivity index is 1.71. The van der Waals surface area contributed by atoms with Crippen molar-refractivity contribution in [3.8, 4) is 6.07 Å². The van der Waals surface area contributed by atoms with Crippen molar-refractivity contribution in [3.63, 3.8) is 0 Å². The van der Waals surface area contributed by atoms with Crippen LogP contribution in [-0.2, 0) is 20.7 Å². The number of rotatable bonds is 6. The number of furan rings is 1. The summed E-state index contributed by atoms with van der Waals surface area (Å²) >= 11 is 1.24. The Morgan fingerprint density at radius 2 is 2.29 bits per heavy atom. The van der Waals surface area contributed by atoms with E-state index in [4.69, 9.17) is 14.4 Å². The molecule has 0 saturated carbocycles. The van der Waals surface area contributed by atoms with Crippen molar-refractivity contribution in [2.75, 3.05) is 11.9 Å². The van der Waals surface area contributed by atoms with Gasteiger partial charge in [-0.25, -0.2) is 0 Å². The molecule has 0 aliphatic rings. The number of hydrogen-bond donors (Lipinski definition) is 1. The molecule has 108 valence electrons. The van der Waals surface area contributed by atoms with Crippen LogP contribution >= 0.6 is 11.3 Å². The van der Waals surface area contributed by atoms with Crippen LogP contribution in [0.15, 0.2) is 34.3 Å². The number of thiophene rings is 1. The third-order valence-electron chi connectivity index (χ3n) is 2.56. The second-order valence-corrected chi connectivity index (χ2v) is 4.98. The van der Waals surface area contributed by atoms with Crippen molar-refractivity contribution < 1.29 is 18.7 Å². The number of ether oxygens (including phenoxy) is 1. The topological polar surface area (TPSA) is 92.3 Å². The van der Waals surface area contributed by atoms with E-state index in [1.165, 1.54) is 17.6 Å². The van der Waals surface area contributed by atoms with Gasteiger partial charge in [0.1, 0.15) is 16.8 Å². The number of esters is 1. The Labute approximate surface area is 124 Å². The van der Waals surface area contributed by atoms with E-state index in [2.05, 4.69) is 5.32 Å². The predicted molar refractivity (Wildman–Crippen MR) is 75.7 cm³/mol. The number of carbonyl (C=O) groups is 2. The first-order valence-electron chi connectivity index (χ1n) is 6.14. The summed E-state index contributed by atoms with van der Waals surface area (Å²) in [5, 5.41) is 13.5. The minimum absolute atomic E-state index is 0.142. The van der Waals surface area contributed by atoms with Crippen LogP contribution in [0.25, 0.3) is 0 Å². The van der Waals surface area contributed by atoms with Crippen LogP contribution in [-0.4, -0.2) is 18.5 Å². The fourth-order valence-electron chi connectivity index (χ4n) is 1.56. The molecule has 2 heterocycles. The van der Waals surface area contributed by atoms with Gasteiger partial charge in [0.2, 0.25) is 0 Å². The lowest BCUT2D eigenvalue weighted by Crippen LogP contribution is -2.20. The summed E-state index contributed by atoms with van der Waals surface area (Å²) < 4.78 is 9.94. The third-order valence-corrected chi connectivity index (χ3v) is 3.39. The molecule has 0 aromatic carbocycles. The van der Waals surface area contributed by atoms with Crippen LogP contribution in [0.2, 0.25) is 0 Å². The van der Waals surface area contributed by atoms with Gasteiger partial charge in [0.15, 0.2) is 6.61 Å². The highest BCUT2D eigenvalue weighted by atomic mass is 32.1. The highest BCUT2D eigenvalue weighted by Gasteiger charge is 2.11. The van der Waals surface area contributed by atoms with Crippen LogP contribution in [0.1, 0.15) is 17.7 Å². The normalized spacial score (nSPS) is 9.86. The number of nitriles is 1. The van der Waals surface area contributed by atoms with Gasteiger partial charge in [0.25, 0.3) is 5.91 Å². The van der Waals surface area contributed by atoms with Crippen molar-refractivity contribution in [1.29, 1.82) is 5.26 Å². The molecular weight excluding hydrogens is 292 g/mol. The third kappa shape index (κ3) is 4.47. The summed E-state index contributed by atoms with van der Waals surface area (Å²) in [6, 6.07) is 7.07. The minimum Gasteiger partial charge on any atom is -0.469 e. The van der Waals surface area contributed by atoms with Gasteiger partial charge in [0.05, 0.1) is 18.2 Å². The molecule has 0 radical (unpaired) electrons. The van der Waals surface area contributed by atoms with Crippen molar-refractivity contribution in [3.05, 3.63) is 41.2 Å². The van der Waals surface area contributed by atoms with Gasteiger partial charge in [-0.15, -0.1) is 11.3 Å². The second-order valence-electron chi connectivity index (χ2n) is 4.06. The van der Waals surface area contributed by atoms with Gasteiger partial charge < -0.3 is 14.5 Å². The molecule has 2 rings (SSSR count). The Morgan fingerprint density at radius 1 is 1.43 bits per heavy atom. The zero-order valence-corrected chi connectivity index (χ0v) is 11.8. The average Bonchev–Trinajstić information content (AvgIpc) is 3.14. The maximum absolute atomic E-state index is 11.6. The zero-order valence-electron chi connectivity index (χ0n) is 11.0. The minimum atomic E-state index is -0.478. The fourth-order valence-corrected chi connectivity index (χ4v) is 2.31. The molecule has 0 fully saturated rings. The van der Waals surface area contributed by atoms with Crippen molar-refractivity contribution in [2.45, 2.75) is 12.8 Å². The highest BCUT2D eigenvalue weighted by Crippen LogP contribution is 2.21. The molecule has 0 bridgehead atoms. The maximum atomic E-state index is 11.6. The Kier molecular flexibility index (Phi) is 5.12. The predicted octanol–water partition coefficient (Wildman–Crippen LogP) is 2.33. The Morgan fingerprint density at radius 3 is 3.00 bits per heavy atom. The van der Waals surface area contributed by atoms with E-state index in [1.807, 2.05) is 6.07 Å². The largest absolute Gasteiger partial charge is 0.469 e. The molecule has 2 aromatic heterocycles. The molecule has 7 heteroatoms. The Bertz CT molecular complexity index is 655. The first-order valence-corrected chi connectivity index (χ1v) is 7.02. The van der Waals surface area contributed by atoms with Crippen LogP contribution in [0.3, 0.4) is 0 Å². The van der Waals surface area contributed by atoms with Gasteiger partial charge in [-0.2, -0.15) is 5.26 Å². The lowest BCUT2D eigenvalue weighted by atomic mass is 10.2. The quantitative estimate of drug-likeness (QED) is 0.827. The Hall–Kier alpha value is -2.59. The van der Waals surface area contributed by atoms with Crippen LogP contribution in [0, 0.1) is 11.3 Å². The molecule has 0 aliphatic carbocycles. The molecule has 1 amide bonds. The fraction of sp³-hybridized carbons (Fsp3) is 0.214. The number of hydrogen-bond acceptors (Lipinski definition) is 6. The monoisotopic (exact) mass is 304 g/mol. The van der Waals surface area contributed by atoms with E-state index < -0.39 is 11.9 Å². The maximum Gasteiger partial charge on any atom is 0.306 e. The molecule has 0 unspecified atom stereocenters. The first kappa shape index (κ1) is 14.8. The first-order chi connectivity index (χ1) is 10.2. The summed E-state index contributed by atoms with van der Waals surface area (Å²) in [4.78, 5) is 23.1. The number of amides is 1. The molecule has 2 aromatic rings. The highest BCUT2D eigenvalue weighted by molar-refractivity contribution is 7.14. The summed E-state index contributed by atoms with van der Waals surface area (Å²) in [5.74, 6) is -0.262. The van der Waals surface area contributed by atoms with E-state index in [-0.39, 0.29) is 13.0 Å². The van der Waals surface area contributed by atoms with Crippen molar-refractivity contribution >= 4 is 28.2 Å². The smallest absolute Gasteiger partial charge is 0.306 e. The summed E-state index contributed by atoms with van der Waals surface area (Å²) in [6.07, 6.45) is 2.10. The molecular formula is C14H12N2O4S. The molecule has 6 nitrogen and oxygen atoms in total. The molecule has 1 N–H and O–H groups in total. The van der Waals surface area contributed by atoms with E-state index in [0.717, 1.165) is 0 Å². The van der Waals surface area contributed by atoms with E-state index in [9.17, 15) is 9.59 Å². The van der Waals surface area contributed by atoms with Gasteiger partial charge >= 0.3 is 5.97 Å². The van der Waals surface area contributed by atoms with Gasteiger partial charge in [0, 0.05) is 6.42 Å². The number of carbonyl (C=O) groups excluding carboxylic acids is 2. The van der Waals surface area contributed by atoms with Gasteiger partial charge in [-0.3, -0.25) is 9.59 Å². The van der Waals surface area contributed by atoms with E-state index >= 15 is 0 Å². The zero-order chi connectivity index (χ0) is 15.1. The van der Waals surface area contributed by atoms with Gasteiger partial charge in [-0.05, 0) is 23.6 Å². The molecule has 0 spiro atoms. The lowest BCUT2D eigenvalue weighted by Gasteiger charge is -2.05. The van der Waals surface area contributed by atoms with Gasteiger partial charge in [-0.1, -0.05) is 0 Å². The molecule has 0 saturated heterocycles. The lowest BCUT2D eigenvalue weighted by molar-refractivity contribution is -0.147. The van der Waals surface area contributed by atoms with Crippen LogP contribution in [0.5, 0.6) is 0 Å². The van der Waals surface area contributed by atoms with Crippen molar-refractivity contribution in [1.82, 2.24) is 0 Å². The number of nitrogens with one attached hydrogen (secondary N) is 1.